The summed E-state index contributed by atoms with van der Waals surface area (Å²) < 4.78 is 5.00. The minimum absolute atomic E-state index is 0.00125. The number of rotatable bonds is 6. The maximum Gasteiger partial charge on any atom is 0.0640 e. The zero-order valence-corrected chi connectivity index (χ0v) is 10.7. The van der Waals surface area contributed by atoms with Gasteiger partial charge < -0.3 is 4.74 Å². The number of nitrogens with two attached hydrogens (primary N) is 1. The quantitative estimate of drug-likeness (QED) is 0.471. The number of nitrogens with one attached hydrogen (secondary N) is 1. The number of ether oxygens (including phenoxy) is 1. The molecule has 0 spiro atoms. The largest absolute Gasteiger partial charge is 0.385 e. The van der Waals surface area contributed by atoms with Crippen LogP contribution in [0, 0.1) is 0 Å². The Morgan fingerprint density at radius 1 is 1.44 bits per heavy atom. The summed E-state index contributed by atoms with van der Waals surface area (Å²) in [6.07, 6.45) is 1.76. The molecule has 16 heavy (non-hydrogen) atoms. The molecule has 0 aliphatic heterocycles. The summed E-state index contributed by atoms with van der Waals surface area (Å²) in [7, 11) is 1.68. The van der Waals surface area contributed by atoms with Crippen LogP contribution in [0.15, 0.2) is 18.2 Å². The molecule has 1 atom stereocenters. The summed E-state index contributed by atoms with van der Waals surface area (Å²) in [5.41, 5.74) is 3.67. The molecule has 1 rings (SSSR count). The normalized spacial score (nSPS) is 12.8. The van der Waals surface area contributed by atoms with Gasteiger partial charge in [0.25, 0.3) is 0 Å². The molecular formula is C11H16Cl2N2O. The molecule has 3 nitrogen and oxygen atoms in total. The molecule has 0 aliphatic carbocycles. The van der Waals surface area contributed by atoms with Gasteiger partial charge in [0, 0.05) is 19.8 Å². The van der Waals surface area contributed by atoms with Crippen molar-refractivity contribution in [1.29, 1.82) is 0 Å². The average Bonchev–Trinajstić information content (AvgIpc) is 2.29. The van der Waals surface area contributed by atoms with Gasteiger partial charge in [-0.2, -0.15) is 0 Å². The highest BCUT2D eigenvalue weighted by atomic mass is 35.5. The number of hydrazine groups is 1. The van der Waals surface area contributed by atoms with Crippen molar-refractivity contribution in [1.82, 2.24) is 5.43 Å². The van der Waals surface area contributed by atoms with E-state index in [-0.39, 0.29) is 6.04 Å². The lowest BCUT2D eigenvalue weighted by Crippen LogP contribution is -2.28. The Hall–Kier alpha value is -0.320. The summed E-state index contributed by atoms with van der Waals surface area (Å²) >= 11 is 12.1. The molecule has 1 aromatic rings. The second-order valence-electron chi connectivity index (χ2n) is 3.50. The zero-order valence-electron chi connectivity index (χ0n) is 9.17. The number of hydrogen-bond acceptors (Lipinski definition) is 3. The molecule has 0 saturated heterocycles. The fraction of sp³-hybridized carbons (Fsp3) is 0.455. The lowest BCUT2D eigenvalue weighted by molar-refractivity contribution is 0.189. The molecule has 0 fully saturated rings. The molecule has 0 amide bonds. The molecule has 5 heteroatoms. The van der Waals surface area contributed by atoms with Crippen molar-refractivity contribution in [2.24, 2.45) is 5.84 Å². The third-order valence-corrected chi connectivity index (χ3v) is 3.23. The zero-order chi connectivity index (χ0) is 12.0. The van der Waals surface area contributed by atoms with Gasteiger partial charge in [-0.3, -0.25) is 11.3 Å². The average molecular weight is 263 g/mol. The third kappa shape index (κ3) is 3.61. The van der Waals surface area contributed by atoms with Gasteiger partial charge in [-0.1, -0.05) is 35.3 Å². The Bertz CT molecular complexity index is 334. The van der Waals surface area contributed by atoms with Crippen LogP contribution in [-0.2, 0) is 4.74 Å². The van der Waals surface area contributed by atoms with E-state index in [1.807, 2.05) is 12.1 Å². The number of benzene rings is 1. The molecular weight excluding hydrogens is 247 g/mol. The van der Waals surface area contributed by atoms with E-state index in [1.54, 1.807) is 13.2 Å². The number of methoxy groups -OCH3 is 1. The second kappa shape index (κ2) is 7.09. The summed E-state index contributed by atoms with van der Waals surface area (Å²) in [4.78, 5) is 0. The lowest BCUT2D eigenvalue weighted by Gasteiger charge is -2.17. The Balaban J connectivity index is 2.74. The van der Waals surface area contributed by atoms with E-state index in [9.17, 15) is 0 Å². The van der Waals surface area contributed by atoms with Gasteiger partial charge in [-0.05, 0) is 24.5 Å². The second-order valence-corrected chi connectivity index (χ2v) is 4.28. The molecule has 3 N–H and O–H groups in total. The van der Waals surface area contributed by atoms with Crippen molar-refractivity contribution in [3.63, 3.8) is 0 Å². The molecule has 1 aromatic carbocycles. The van der Waals surface area contributed by atoms with Gasteiger partial charge >= 0.3 is 0 Å². The minimum Gasteiger partial charge on any atom is -0.385 e. The molecule has 0 aliphatic rings. The van der Waals surface area contributed by atoms with Gasteiger partial charge in [-0.25, -0.2) is 0 Å². The molecule has 1 unspecified atom stereocenters. The summed E-state index contributed by atoms with van der Waals surface area (Å²) in [5, 5.41) is 1.11. The smallest absolute Gasteiger partial charge is 0.0640 e. The predicted molar refractivity (Wildman–Crippen MR) is 67.6 cm³/mol. The predicted octanol–water partition coefficient (Wildman–Crippen LogP) is 2.92. The standard InChI is InChI=1S/C11H16Cl2N2O/c1-16-7-3-6-10(15-14)8-4-2-5-9(12)11(8)13/h2,4-5,10,15H,3,6-7,14H2,1H3. The molecule has 0 heterocycles. The SMILES string of the molecule is COCCCC(NN)c1cccc(Cl)c1Cl. The number of halogens is 2. The molecule has 0 radical (unpaired) electrons. The lowest BCUT2D eigenvalue weighted by atomic mass is 10.0. The fourth-order valence-corrected chi connectivity index (χ4v) is 1.99. The topological polar surface area (TPSA) is 47.3 Å². The van der Waals surface area contributed by atoms with E-state index < -0.39 is 0 Å². The highest BCUT2D eigenvalue weighted by Gasteiger charge is 2.14. The van der Waals surface area contributed by atoms with Crippen LogP contribution in [0.1, 0.15) is 24.4 Å². The van der Waals surface area contributed by atoms with E-state index in [0.717, 1.165) is 18.4 Å². The van der Waals surface area contributed by atoms with Crippen LogP contribution in [-0.4, -0.2) is 13.7 Å². The van der Waals surface area contributed by atoms with Crippen LogP contribution in [0.2, 0.25) is 10.0 Å². The summed E-state index contributed by atoms with van der Waals surface area (Å²) in [6, 6.07) is 5.55. The highest BCUT2D eigenvalue weighted by Crippen LogP contribution is 2.31. The van der Waals surface area contributed by atoms with E-state index in [1.165, 1.54) is 0 Å². The maximum absolute atomic E-state index is 6.12. The first kappa shape index (κ1) is 13.7. The number of hydrogen-bond donors (Lipinski definition) is 2. The molecule has 0 bridgehead atoms. The Labute approximate surface area is 106 Å². The Kier molecular flexibility index (Phi) is 6.09. The van der Waals surface area contributed by atoms with Crippen molar-refractivity contribution in [2.45, 2.75) is 18.9 Å². The van der Waals surface area contributed by atoms with E-state index in [4.69, 9.17) is 33.8 Å². The van der Waals surface area contributed by atoms with Crippen molar-refractivity contribution in [3.8, 4) is 0 Å². The van der Waals surface area contributed by atoms with Crippen LogP contribution < -0.4 is 11.3 Å². The van der Waals surface area contributed by atoms with E-state index in [0.29, 0.717) is 16.7 Å². The van der Waals surface area contributed by atoms with Gasteiger partial charge in [0.15, 0.2) is 0 Å². The van der Waals surface area contributed by atoms with Crippen LogP contribution >= 0.6 is 23.2 Å². The third-order valence-electron chi connectivity index (χ3n) is 2.40. The first-order valence-corrected chi connectivity index (χ1v) is 5.85. The van der Waals surface area contributed by atoms with Crippen LogP contribution in [0.4, 0.5) is 0 Å². The van der Waals surface area contributed by atoms with E-state index >= 15 is 0 Å². The highest BCUT2D eigenvalue weighted by molar-refractivity contribution is 6.42. The molecule has 0 saturated carbocycles. The van der Waals surface area contributed by atoms with Crippen molar-refractivity contribution < 1.29 is 4.74 Å². The molecule has 0 aromatic heterocycles. The van der Waals surface area contributed by atoms with Crippen LogP contribution in [0.25, 0.3) is 0 Å². The summed E-state index contributed by atoms with van der Waals surface area (Å²) in [6.45, 7) is 0.705. The monoisotopic (exact) mass is 262 g/mol. The van der Waals surface area contributed by atoms with Gasteiger partial charge in [0.1, 0.15) is 0 Å². The van der Waals surface area contributed by atoms with Gasteiger partial charge in [0.2, 0.25) is 0 Å². The first-order valence-electron chi connectivity index (χ1n) is 5.09. The van der Waals surface area contributed by atoms with Gasteiger partial charge in [0.05, 0.1) is 10.0 Å². The van der Waals surface area contributed by atoms with E-state index in [2.05, 4.69) is 5.43 Å². The maximum atomic E-state index is 6.12. The summed E-state index contributed by atoms with van der Waals surface area (Å²) in [5.74, 6) is 5.51. The van der Waals surface area contributed by atoms with Crippen LogP contribution in [0.3, 0.4) is 0 Å². The fourth-order valence-electron chi connectivity index (χ4n) is 1.55. The minimum atomic E-state index is 0.00125. The van der Waals surface area contributed by atoms with Crippen molar-refractivity contribution in [2.75, 3.05) is 13.7 Å². The Morgan fingerprint density at radius 3 is 2.81 bits per heavy atom. The molecule has 90 valence electrons. The first-order chi connectivity index (χ1) is 7.70. The van der Waals surface area contributed by atoms with Crippen molar-refractivity contribution in [3.05, 3.63) is 33.8 Å². The van der Waals surface area contributed by atoms with Gasteiger partial charge in [-0.15, -0.1) is 0 Å². The Morgan fingerprint density at radius 2 is 2.19 bits per heavy atom. The van der Waals surface area contributed by atoms with Crippen LogP contribution in [0.5, 0.6) is 0 Å². The van der Waals surface area contributed by atoms with Crippen molar-refractivity contribution >= 4 is 23.2 Å².